The van der Waals surface area contributed by atoms with E-state index in [1.807, 2.05) is 19.1 Å². The molecule has 0 spiro atoms. The zero-order valence-corrected chi connectivity index (χ0v) is 14.2. The van der Waals surface area contributed by atoms with Gasteiger partial charge in [0.1, 0.15) is 11.6 Å². The number of hydrogen-bond donors (Lipinski definition) is 1. The van der Waals surface area contributed by atoms with Crippen molar-refractivity contribution in [1.29, 1.82) is 0 Å². The maximum absolute atomic E-state index is 13.2. The van der Waals surface area contributed by atoms with Gasteiger partial charge >= 0.3 is 0 Å². The molecule has 4 rings (SSSR count). The SMILES string of the molecule is CCc1noc(CCNc2cc(-c3ccc(F)cc3)nc3ccnn23)n1. The molecule has 26 heavy (non-hydrogen) atoms. The molecule has 0 aliphatic rings. The molecule has 0 amide bonds. The van der Waals surface area contributed by atoms with Crippen molar-refractivity contribution in [2.45, 2.75) is 19.8 Å². The summed E-state index contributed by atoms with van der Waals surface area (Å²) in [6.45, 7) is 2.59. The second-order valence-corrected chi connectivity index (χ2v) is 5.77. The first kappa shape index (κ1) is 16.2. The van der Waals surface area contributed by atoms with Crippen molar-refractivity contribution in [3.8, 4) is 11.3 Å². The van der Waals surface area contributed by atoms with Gasteiger partial charge in [0.25, 0.3) is 0 Å². The summed E-state index contributed by atoms with van der Waals surface area (Å²) in [4.78, 5) is 8.87. The predicted molar refractivity (Wildman–Crippen MR) is 94.3 cm³/mol. The third kappa shape index (κ3) is 3.26. The minimum atomic E-state index is -0.275. The van der Waals surface area contributed by atoms with E-state index in [9.17, 15) is 4.39 Å². The van der Waals surface area contributed by atoms with Gasteiger partial charge < -0.3 is 9.84 Å². The molecule has 0 unspecified atom stereocenters. The van der Waals surface area contributed by atoms with Crippen LogP contribution in [0.2, 0.25) is 0 Å². The van der Waals surface area contributed by atoms with Crippen LogP contribution in [-0.2, 0) is 12.8 Å². The smallest absolute Gasteiger partial charge is 0.228 e. The molecule has 0 aliphatic carbocycles. The molecule has 3 heterocycles. The van der Waals surface area contributed by atoms with E-state index in [0.29, 0.717) is 30.3 Å². The summed E-state index contributed by atoms with van der Waals surface area (Å²) in [5, 5.41) is 11.5. The fourth-order valence-electron chi connectivity index (χ4n) is 2.64. The lowest BCUT2D eigenvalue weighted by Gasteiger charge is -2.10. The fraction of sp³-hybridized carbons (Fsp3) is 0.222. The first-order valence-electron chi connectivity index (χ1n) is 8.39. The summed E-state index contributed by atoms with van der Waals surface area (Å²) in [5.41, 5.74) is 2.29. The summed E-state index contributed by atoms with van der Waals surface area (Å²) in [5.74, 6) is 1.81. The Kier molecular flexibility index (Phi) is 4.30. The number of aromatic nitrogens is 5. The first-order chi connectivity index (χ1) is 12.7. The lowest BCUT2D eigenvalue weighted by Crippen LogP contribution is -2.10. The van der Waals surface area contributed by atoms with Crippen LogP contribution in [0.15, 0.2) is 47.1 Å². The Balaban J connectivity index is 1.57. The van der Waals surface area contributed by atoms with Crippen molar-refractivity contribution in [2.75, 3.05) is 11.9 Å². The molecular formula is C18H17FN6O. The van der Waals surface area contributed by atoms with Gasteiger partial charge in [0.15, 0.2) is 11.5 Å². The van der Waals surface area contributed by atoms with E-state index < -0.39 is 0 Å². The van der Waals surface area contributed by atoms with Crippen molar-refractivity contribution in [2.24, 2.45) is 0 Å². The number of aryl methyl sites for hydroxylation is 1. The standard InChI is InChI=1S/C18H17FN6O/c1-2-15-23-18(26-24-15)8-9-20-17-11-14(12-3-5-13(19)6-4-12)22-16-7-10-21-25(16)17/h3-7,10-11,20H,2,8-9H2,1H3. The van der Waals surface area contributed by atoms with Gasteiger partial charge in [-0.25, -0.2) is 9.37 Å². The summed E-state index contributed by atoms with van der Waals surface area (Å²) in [6, 6.07) is 9.97. The molecule has 8 heteroatoms. The van der Waals surface area contributed by atoms with E-state index in [2.05, 4.69) is 25.5 Å². The van der Waals surface area contributed by atoms with Crippen molar-refractivity contribution in [3.63, 3.8) is 0 Å². The fourth-order valence-corrected chi connectivity index (χ4v) is 2.64. The predicted octanol–water partition coefficient (Wildman–Crippen LogP) is 3.14. The second kappa shape index (κ2) is 6.91. The maximum Gasteiger partial charge on any atom is 0.228 e. The number of anilines is 1. The van der Waals surface area contributed by atoms with Crippen LogP contribution >= 0.6 is 0 Å². The minimum absolute atomic E-state index is 0.275. The summed E-state index contributed by atoms with van der Waals surface area (Å²) in [7, 11) is 0. The third-order valence-corrected chi connectivity index (χ3v) is 3.97. The lowest BCUT2D eigenvalue weighted by molar-refractivity contribution is 0.375. The summed E-state index contributed by atoms with van der Waals surface area (Å²) < 4.78 is 20.1. The van der Waals surface area contributed by atoms with Gasteiger partial charge in [-0.1, -0.05) is 12.1 Å². The Bertz CT molecular complexity index is 1020. The van der Waals surface area contributed by atoms with Gasteiger partial charge in [0.2, 0.25) is 5.89 Å². The van der Waals surface area contributed by atoms with Gasteiger partial charge in [0, 0.05) is 37.1 Å². The van der Waals surface area contributed by atoms with Crippen LogP contribution in [0.5, 0.6) is 0 Å². The third-order valence-electron chi connectivity index (χ3n) is 3.97. The van der Waals surface area contributed by atoms with Crippen molar-refractivity contribution in [1.82, 2.24) is 24.7 Å². The molecule has 0 atom stereocenters. The highest BCUT2D eigenvalue weighted by atomic mass is 19.1. The molecule has 4 aromatic rings. The summed E-state index contributed by atoms with van der Waals surface area (Å²) >= 11 is 0. The largest absolute Gasteiger partial charge is 0.369 e. The van der Waals surface area contributed by atoms with Crippen molar-refractivity contribution in [3.05, 3.63) is 60.1 Å². The van der Waals surface area contributed by atoms with Gasteiger partial charge in [-0.3, -0.25) is 0 Å². The molecule has 0 saturated heterocycles. The number of hydrogen-bond acceptors (Lipinski definition) is 6. The number of nitrogens with zero attached hydrogens (tertiary/aromatic N) is 5. The first-order valence-corrected chi connectivity index (χ1v) is 8.39. The lowest BCUT2D eigenvalue weighted by atomic mass is 10.1. The van der Waals surface area contributed by atoms with E-state index in [1.165, 1.54) is 12.1 Å². The monoisotopic (exact) mass is 352 g/mol. The van der Waals surface area contributed by atoms with Crippen LogP contribution in [0.4, 0.5) is 10.2 Å². The average Bonchev–Trinajstić information content (AvgIpc) is 3.31. The number of rotatable bonds is 6. The zero-order chi connectivity index (χ0) is 17.9. The molecule has 0 radical (unpaired) electrons. The number of benzene rings is 1. The van der Waals surface area contributed by atoms with Crippen LogP contribution < -0.4 is 5.32 Å². The molecule has 7 nitrogen and oxygen atoms in total. The molecule has 3 aromatic heterocycles. The average molecular weight is 352 g/mol. The van der Waals surface area contributed by atoms with Gasteiger partial charge in [-0.05, 0) is 24.3 Å². The maximum atomic E-state index is 13.2. The Morgan fingerprint density at radius 2 is 2.00 bits per heavy atom. The highest BCUT2D eigenvalue weighted by Gasteiger charge is 2.09. The Morgan fingerprint density at radius 1 is 1.15 bits per heavy atom. The van der Waals surface area contributed by atoms with E-state index in [-0.39, 0.29) is 5.82 Å². The van der Waals surface area contributed by atoms with Crippen LogP contribution in [0.25, 0.3) is 16.9 Å². The molecule has 0 saturated carbocycles. The van der Waals surface area contributed by atoms with E-state index in [4.69, 9.17) is 4.52 Å². The Labute approximate surface area is 148 Å². The second-order valence-electron chi connectivity index (χ2n) is 5.77. The van der Waals surface area contributed by atoms with Gasteiger partial charge in [-0.15, -0.1) is 0 Å². The number of nitrogens with one attached hydrogen (secondary N) is 1. The Morgan fingerprint density at radius 3 is 2.77 bits per heavy atom. The highest BCUT2D eigenvalue weighted by Crippen LogP contribution is 2.22. The molecule has 132 valence electrons. The number of halogens is 1. The van der Waals surface area contributed by atoms with Crippen molar-refractivity contribution < 1.29 is 8.91 Å². The molecule has 0 bridgehead atoms. The van der Waals surface area contributed by atoms with E-state index >= 15 is 0 Å². The van der Waals surface area contributed by atoms with E-state index in [1.54, 1.807) is 22.8 Å². The summed E-state index contributed by atoms with van der Waals surface area (Å²) in [6.07, 6.45) is 3.04. The van der Waals surface area contributed by atoms with Gasteiger partial charge in [0.05, 0.1) is 11.9 Å². The van der Waals surface area contributed by atoms with Crippen molar-refractivity contribution >= 4 is 11.5 Å². The highest BCUT2D eigenvalue weighted by molar-refractivity contribution is 5.66. The molecule has 1 N–H and O–H groups in total. The van der Waals surface area contributed by atoms with Gasteiger partial charge in [-0.2, -0.15) is 14.6 Å². The molecule has 1 aromatic carbocycles. The molecule has 0 fully saturated rings. The van der Waals surface area contributed by atoms with Crippen LogP contribution in [0.1, 0.15) is 18.6 Å². The van der Waals surface area contributed by atoms with Crippen LogP contribution in [0.3, 0.4) is 0 Å². The number of fused-ring (bicyclic) bond motifs is 1. The molecule has 0 aliphatic heterocycles. The quantitative estimate of drug-likeness (QED) is 0.574. The Hall–Kier alpha value is -3.29. The van der Waals surface area contributed by atoms with Crippen LogP contribution in [-0.4, -0.2) is 31.3 Å². The van der Waals surface area contributed by atoms with E-state index in [0.717, 1.165) is 23.5 Å². The minimum Gasteiger partial charge on any atom is -0.369 e. The topological polar surface area (TPSA) is 81.1 Å². The van der Waals surface area contributed by atoms with Crippen LogP contribution in [0, 0.1) is 5.82 Å². The molecular weight excluding hydrogens is 335 g/mol. The normalized spacial score (nSPS) is 11.2. The zero-order valence-electron chi connectivity index (χ0n) is 14.2.